The molecule has 0 radical (unpaired) electrons. The quantitative estimate of drug-likeness (QED) is 0.439. The van der Waals surface area contributed by atoms with Gasteiger partial charge in [-0.3, -0.25) is 4.79 Å². The number of carbonyl (C=O) groups excluding carboxylic acids is 1. The lowest BCUT2D eigenvalue weighted by Gasteiger charge is -2.22. The van der Waals surface area contributed by atoms with Crippen LogP contribution in [0.3, 0.4) is 0 Å². The molecule has 0 aromatic rings. The maximum atomic E-state index is 10.0. The van der Waals surface area contributed by atoms with Crippen LogP contribution in [0.4, 0.5) is 0 Å². The Morgan fingerprint density at radius 1 is 1.33 bits per heavy atom. The molecule has 0 amide bonds. The lowest BCUT2D eigenvalue weighted by atomic mass is 9.84. The monoisotopic (exact) mass is 168 g/mol. The number of unbranched alkanes of at least 4 members (excludes halogenated alkanes) is 1. The maximum Gasteiger partial charge on any atom is 0.142 e. The molecular weight excluding hydrogens is 148 g/mol. The predicted molar refractivity (Wildman–Crippen MR) is 53.1 cm³/mol. The van der Waals surface area contributed by atoms with Gasteiger partial charge in [0.05, 0.1) is 0 Å². The average Bonchev–Trinajstić information content (AvgIpc) is 2.01. The van der Waals surface area contributed by atoms with E-state index in [9.17, 15) is 4.79 Å². The van der Waals surface area contributed by atoms with E-state index in [0.29, 0.717) is 5.41 Å². The van der Waals surface area contributed by atoms with Gasteiger partial charge in [-0.25, -0.2) is 0 Å². The van der Waals surface area contributed by atoms with Crippen LogP contribution in [0.5, 0.6) is 0 Å². The molecule has 0 saturated heterocycles. The van der Waals surface area contributed by atoms with Crippen LogP contribution in [0.15, 0.2) is 12.2 Å². The molecule has 1 nitrogen and oxygen atoms in total. The summed E-state index contributed by atoms with van der Waals surface area (Å²) in [6.45, 7) is 6.70. The van der Waals surface area contributed by atoms with Crippen molar-refractivity contribution in [3.63, 3.8) is 0 Å². The van der Waals surface area contributed by atoms with Gasteiger partial charge in [-0.2, -0.15) is 0 Å². The van der Waals surface area contributed by atoms with Gasteiger partial charge in [0.25, 0.3) is 0 Å². The highest BCUT2D eigenvalue weighted by molar-refractivity contribution is 5.64. The zero-order chi connectivity index (χ0) is 9.45. The summed E-state index contributed by atoms with van der Waals surface area (Å²) in [5.41, 5.74) is 0.357. The molecule has 12 heavy (non-hydrogen) atoms. The predicted octanol–water partition coefficient (Wildman–Crippen LogP) is 3.35. The van der Waals surface area contributed by atoms with E-state index in [1.54, 1.807) is 6.08 Å². The van der Waals surface area contributed by atoms with E-state index in [4.69, 9.17) is 0 Å². The average molecular weight is 168 g/mol. The van der Waals surface area contributed by atoms with Gasteiger partial charge in [0.15, 0.2) is 0 Å². The fraction of sp³-hybridized carbons (Fsp3) is 0.727. The van der Waals surface area contributed by atoms with Crippen LogP contribution in [0.25, 0.3) is 0 Å². The van der Waals surface area contributed by atoms with E-state index < -0.39 is 0 Å². The lowest BCUT2D eigenvalue weighted by molar-refractivity contribution is -0.104. The molecular formula is C11H20O. The van der Waals surface area contributed by atoms with Gasteiger partial charge in [-0.05, 0) is 24.3 Å². The van der Waals surface area contributed by atoms with Crippen LogP contribution in [0, 0.1) is 5.41 Å². The number of allylic oxidation sites excluding steroid dienone is 2. The Morgan fingerprint density at radius 3 is 2.50 bits per heavy atom. The number of carbonyl (C=O) groups is 1. The summed E-state index contributed by atoms with van der Waals surface area (Å²) in [6, 6.07) is 0. The van der Waals surface area contributed by atoms with E-state index in [2.05, 4.69) is 20.8 Å². The summed E-state index contributed by atoms with van der Waals surface area (Å²) in [7, 11) is 0. The van der Waals surface area contributed by atoms with Gasteiger partial charge in [-0.15, -0.1) is 0 Å². The fourth-order valence-corrected chi connectivity index (χ4v) is 1.20. The third-order valence-corrected chi connectivity index (χ3v) is 2.09. The Labute approximate surface area is 75.9 Å². The minimum atomic E-state index is 0.357. The first kappa shape index (κ1) is 11.4. The molecule has 0 bridgehead atoms. The van der Waals surface area contributed by atoms with Gasteiger partial charge < -0.3 is 0 Å². The molecule has 0 N–H and O–H groups in total. The molecule has 1 heteroatoms. The molecule has 0 unspecified atom stereocenters. The van der Waals surface area contributed by atoms with Crippen molar-refractivity contribution in [2.75, 3.05) is 0 Å². The molecule has 0 rings (SSSR count). The van der Waals surface area contributed by atoms with Gasteiger partial charge in [0, 0.05) is 0 Å². The molecule has 0 saturated carbocycles. The van der Waals surface area contributed by atoms with Crippen molar-refractivity contribution in [2.24, 2.45) is 5.41 Å². The van der Waals surface area contributed by atoms with Crippen LogP contribution >= 0.6 is 0 Å². The molecule has 0 atom stereocenters. The highest BCUT2D eigenvalue weighted by Gasteiger charge is 2.14. The van der Waals surface area contributed by atoms with E-state index in [-0.39, 0.29) is 0 Å². The summed E-state index contributed by atoms with van der Waals surface area (Å²) < 4.78 is 0. The zero-order valence-corrected chi connectivity index (χ0v) is 8.47. The molecule has 0 fully saturated rings. The minimum Gasteiger partial charge on any atom is -0.299 e. The molecule has 0 aromatic heterocycles. The molecule has 0 aliphatic carbocycles. The summed E-state index contributed by atoms with van der Waals surface area (Å²) in [5.74, 6) is 0. The van der Waals surface area contributed by atoms with E-state index >= 15 is 0 Å². The van der Waals surface area contributed by atoms with Crippen molar-refractivity contribution < 1.29 is 4.79 Å². The van der Waals surface area contributed by atoms with Crippen molar-refractivity contribution >= 4 is 6.29 Å². The van der Waals surface area contributed by atoms with Crippen molar-refractivity contribution in [3.05, 3.63) is 12.2 Å². The first-order valence-electron chi connectivity index (χ1n) is 4.72. The normalized spacial score (nSPS) is 12.2. The number of hydrogen-bond donors (Lipinski definition) is 0. The largest absolute Gasteiger partial charge is 0.299 e. The number of hydrogen-bond acceptors (Lipinski definition) is 1. The van der Waals surface area contributed by atoms with Gasteiger partial charge in [0.2, 0.25) is 0 Å². The second kappa shape index (κ2) is 5.99. The standard InChI is InChI=1S/C11H20O/c1-4-5-8-11(2,3)9-6-7-10-12/h6-7,10H,4-5,8-9H2,1-3H3. The van der Waals surface area contributed by atoms with Crippen LogP contribution in [-0.4, -0.2) is 6.29 Å². The highest BCUT2D eigenvalue weighted by atomic mass is 16.1. The Balaban J connectivity index is 3.69. The number of rotatable bonds is 6. The first-order chi connectivity index (χ1) is 5.62. The maximum absolute atomic E-state index is 10.0. The minimum absolute atomic E-state index is 0.357. The van der Waals surface area contributed by atoms with Crippen LogP contribution < -0.4 is 0 Å². The highest BCUT2D eigenvalue weighted by Crippen LogP contribution is 2.27. The smallest absolute Gasteiger partial charge is 0.142 e. The number of aldehydes is 1. The van der Waals surface area contributed by atoms with Crippen molar-refractivity contribution in [2.45, 2.75) is 46.5 Å². The molecule has 70 valence electrons. The molecule has 0 spiro atoms. The Hall–Kier alpha value is -0.590. The van der Waals surface area contributed by atoms with E-state index in [1.165, 1.54) is 19.3 Å². The van der Waals surface area contributed by atoms with E-state index in [1.807, 2.05) is 6.08 Å². The summed E-state index contributed by atoms with van der Waals surface area (Å²) in [6.07, 6.45) is 9.17. The molecule has 0 aromatic carbocycles. The van der Waals surface area contributed by atoms with E-state index in [0.717, 1.165) is 12.7 Å². The molecule has 0 aliphatic rings. The summed E-state index contributed by atoms with van der Waals surface area (Å²) >= 11 is 0. The van der Waals surface area contributed by atoms with Crippen molar-refractivity contribution in [1.29, 1.82) is 0 Å². The van der Waals surface area contributed by atoms with Gasteiger partial charge >= 0.3 is 0 Å². The second-order valence-electron chi connectivity index (χ2n) is 4.04. The SMILES string of the molecule is CCCCC(C)(C)CC=CC=O. The van der Waals surface area contributed by atoms with Crippen molar-refractivity contribution in [3.8, 4) is 0 Å². The van der Waals surface area contributed by atoms with Crippen LogP contribution in [0.2, 0.25) is 0 Å². The summed E-state index contributed by atoms with van der Waals surface area (Å²) in [4.78, 5) is 10.0. The summed E-state index contributed by atoms with van der Waals surface area (Å²) in [5, 5.41) is 0. The Kier molecular flexibility index (Phi) is 5.69. The molecule has 0 aliphatic heterocycles. The second-order valence-corrected chi connectivity index (χ2v) is 4.04. The van der Waals surface area contributed by atoms with Gasteiger partial charge in [-0.1, -0.05) is 39.7 Å². The topological polar surface area (TPSA) is 17.1 Å². The Bertz CT molecular complexity index is 145. The molecule has 0 heterocycles. The fourth-order valence-electron chi connectivity index (χ4n) is 1.20. The van der Waals surface area contributed by atoms with Crippen molar-refractivity contribution in [1.82, 2.24) is 0 Å². The first-order valence-corrected chi connectivity index (χ1v) is 4.72. The van der Waals surface area contributed by atoms with Crippen LogP contribution in [0.1, 0.15) is 46.5 Å². The lowest BCUT2D eigenvalue weighted by Crippen LogP contribution is -2.09. The Morgan fingerprint density at radius 2 is 2.00 bits per heavy atom. The van der Waals surface area contributed by atoms with Crippen LogP contribution in [-0.2, 0) is 4.79 Å². The van der Waals surface area contributed by atoms with Gasteiger partial charge in [0.1, 0.15) is 6.29 Å². The third kappa shape index (κ3) is 6.14. The third-order valence-electron chi connectivity index (χ3n) is 2.09. The zero-order valence-electron chi connectivity index (χ0n) is 8.47.